The summed E-state index contributed by atoms with van der Waals surface area (Å²) in [5.41, 5.74) is 1.09. The zero-order chi connectivity index (χ0) is 44.3. The molecule has 0 amide bonds. The summed E-state index contributed by atoms with van der Waals surface area (Å²) in [5, 5.41) is 19.2. The summed E-state index contributed by atoms with van der Waals surface area (Å²) < 4.78 is 0. The molecular weight excluding hydrogens is 1010 g/mol. The average molecular weight is 1080 g/mol. The molecule has 4 nitrogen and oxygen atoms in total. The summed E-state index contributed by atoms with van der Waals surface area (Å²) in [6, 6.07) is 17.7. The monoisotopic (exact) mass is 1080 g/mol. The van der Waals surface area contributed by atoms with Gasteiger partial charge < -0.3 is 10.2 Å². The predicted octanol–water partition coefficient (Wildman–Crippen LogP) is 15.5. The van der Waals surface area contributed by atoms with Crippen LogP contribution in [0.1, 0.15) is 138 Å². The summed E-state index contributed by atoms with van der Waals surface area (Å²) in [5.74, 6) is 28.3. The Labute approximate surface area is 436 Å². The Morgan fingerprint density at radius 3 is 0.483 bits per heavy atom. The molecule has 4 saturated carbocycles. The molecule has 4 aliphatic rings. The summed E-state index contributed by atoms with van der Waals surface area (Å²) in [7, 11) is 0. The largest absolute Gasteiger partial charge is 0.489 e. The van der Waals surface area contributed by atoms with Crippen LogP contribution in [0.5, 0.6) is 0 Å². The zero-order valence-electron chi connectivity index (χ0n) is 40.4. The van der Waals surface area contributed by atoms with Crippen molar-refractivity contribution in [3.63, 3.8) is 0 Å². The van der Waals surface area contributed by atoms with Gasteiger partial charge in [0.2, 0.25) is 0 Å². The van der Waals surface area contributed by atoms with Crippen molar-refractivity contribution in [2.24, 2.45) is 9.98 Å². The smallest absolute Gasteiger partial charge is 0.275 e. The summed E-state index contributed by atoms with van der Waals surface area (Å²) in [6.07, 6.45) is 0. The standard InChI is InChI=1S/C14H12N2O2.4C10H15.2Sm/c17-13(15-11-7-3-1-4-8-11)14(18)16-12-9-5-2-6-10-12;4*1-6-7(2)9(4)10(5)8(6)3;;/h1-10H,(H,15,17)(H,16,18);4*1-5H3;;. The molecule has 0 heterocycles. The quantitative estimate of drug-likeness (QED) is 0.232. The molecule has 0 unspecified atom stereocenters. The Kier molecular flexibility index (Phi) is 28.2. The van der Waals surface area contributed by atoms with Crippen LogP contribution >= 0.6 is 0 Å². The number of hydrogen-bond donors (Lipinski definition) is 2. The molecule has 6 heteroatoms. The number of rotatable bonds is 2. The van der Waals surface area contributed by atoms with Gasteiger partial charge >= 0.3 is 0 Å². The third kappa shape index (κ3) is 16.2. The van der Waals surface area contributed by atoms with Crippen molar-refractivity contribution >= 4 is 23.2 Å². The van der Waals surface area contributed by atoms with Crippen LogP contribution in [0, 0.1) is 199 Å². The Morgan fingerprint density at radius 2 is 0.367 bits per heavy atom. The summed E-state index contributed by atoms with van der Waals surface area (Å²) in [6.45, 7) is 44.0. The molecule has 0 aliphatic heterocycles. The van der Waals surface area contributed by atoms with E-state index in [1.54, 1.807) is 48.5 Å². The van der Waals surface area contributed by atoms with Gasteiger partial charge in [0.15, 0.2) is 0 Å². The maximum Gasteiger partial charge on any atom is 0.275 e. The first-order chi connectivity index (χ1) is 27.0. The van der Waals surface area contributed by atoms with Gasteiger partial charge in [0.05, 0.1) is 11.4 Å². The molecule has 0 spiro atoms. The van der Waals surface area contributed by atoms with Gasteiger partial charge in [-0.2, -0.15) is 0 Å². The van der Waals surface area contributed by atoms with E-state index in [1.807, 2.05) is 12.1 Å². The zero-order valence-corrected chi connectivity index (χ0v) is 45.6. The van der Waals surface area contributed by atoms with E-state index in [2.05, 4.69) is 148 Å². The van der Waals surface area contributed by atoms with Crippen LogP contribution in [0.25, 0.3) is 0 Å². The van der Waals surface area contributed by atoms with Gasteiger partial charge in [0, 0.05) is 80.8 Å². The number of aliphatic hydroxyl groups excluding tert-OH is 2. The van der Waals surface area contributed by atoms with Crippen LogP contribution in [-0.4, -0.2) is 22.0 Å². The number of hydrogen-bond acceptors (Lipinski definition) is 2. The topological polar surface area (TPSA) is 65.2 Å². The molecule has 2 N–H and O–H groups in total. The van der Waals surface area contributed by atoms with Crippen molar-refractivity contribution in [1.29, 1.82) is 0 Å². The van der Waals surface area contributed by atoms with Crippen molar-refractivity contribution in [2.45, 2.75) is 138 Å². The Bertz CT molecular complexity index is 1170. The van der Waals surface area contributed by atoms with Gasteiger partial charge in [-0.05, 0) is 143 Å². The fraction of sp³-hybridized carbons (Fsp3) is 0.370. The van der Waals surface area contributed by atoms with E-state index in [4.69, 9.17) is 0 Å². The van der Waals surface area contributed by atoms with Gasteiger partial charge in [-0.15, -0.1) is 0 Å². The first kappa shape index (κ1) is 60.1. The molecule has 4 fully saturated rings. The van der Waals surface area contributed by atoms with E-state index < -0.39 is 11.8 Å². The van der Waals surface area contributed by atoms with Crippen LogP contribution in [0.4, 0.5) is 11.4 Å². The Hall–Kier alpha value is 0.0553. The second-order valence-corrected chi connectivity index (χ2v) is 16.0. The minimum absolute atomic E-state index is 0. The molecule has 6 rings (SSSR count). The molecule has 4 aliphatic carbocycles. The van der Waals surface area contributed by atoms with E-state index in [1.165, 1.54) is 118 Å². The third-order valence-corrected chi connectivity index (χ3v) is 13.4. The van der Waals surface area contributed by atoms with E-state index in [9.17, 15) is 10.2 Å². The number of benzene rings is 2. The molecule has 60 heavy (non-hydrogen) atoms. The molecule has 322 valence electrons. The molecular formula is C54H72N2O2Sm2. The number of nitrogens with zero attached hydrogens (tertiary/aromatic N) is 2. The van der Waals surface area contributed by atoms with Gasteiger partial charge in [0.25, 0.3) is 11.8 Å². The maximum atomic E-state index is 9.60. The van der Waals surface area contributed by atoms with Crippen LogP contribution in [-0.2, 0) is 0 Å². The van der Waals surface area contributed by atoms with Gasteiger partial charge in [-0.25, -0.2) is 9.98 Å². The predicted molar refractivity (Wildman–Crippen MR) is 251 cm³/mol. The van der Waals surface area contributed by atoms with Crippen molar-refractivity contribution in [1.82, 2.24) is 0 Å². The SMILES string of the molecule is C[C]1[C](C)[C](C)[C](C)[C]1C.C[C]1[C](C)[C](C)[C](C)[C]1C.C[C]1[C](C)[C](C)[C](C)[C]1C.C[C]1[C](C)[C](C)[C](C)[C]1C.OC(=Nc1ccccc1)C(O)=Nc1ccccc1.[Sm].[Sm]. The average Bonchev–Trinajstić information content (AvgIpc) is 3.66. The van der Waals surface area contributed by atoms with Crippen molar-refractivity contribution in [3.8, 4) is 0 Å². The first-order valence-corrected chi connectivity index (χ1v) is 20.4. The minimum atomic E-state index is -0.509. The fourth-order valence-corrected chi connectivity index (χ4v) is 6.97. The number of aliphatic imine (C=N–C) groups is 2. The minimum Gasteiger partial charge on any atom is -0.489 e. The Balaban J connectivity index is 0.000000739. The van der Waals surface area contributed by atoms with Gasteiger partial charge in [-0.1, -0.05) is 175 Å². The van der Waals surface area contributed by atoms with E-state index in [0.29, 0.717) is 11.4 Å². The van der Waals surface area contributed by atoms with Crippen LogP contribution in [0.2, 0.25) is 0 Å². The third-order valence-electron chi connectivity index (χ3n) is 13.4. The van der Waals surface area contributed by atoms with Crippen molar-refractivity contribution in [2.75, 3.05) is 0 Å². The number of para-hydroxylation sites is 2. The molecule has 0 atom stereocenters. The van der Waals surface area contributed by atoms with E-state index in [-0.39, 0.29) is 80.8 Å². The molecule has 2 aromatic carbocycles. The van der Waals surface area contributed by atoms with Crippen LogP contribution in [0.15, 0.2) is 70.6 Å². The molecule has 2 aromatic rings. The number of aliphatic hydroxyl groups is 2. The van der Waals surface area contributed by atoms with E-state index in [0.717, 1.165) is 0 Å². The van der Waals surface area contributed by atoms with Gasteiger partial charge in [0.1, 0.15) is 0 Å². The fourth-order valence-electron chi connectivity index (χ4n) is 6.97. The molecule has 0 aromatic heterocycles. The molecule has 20 radical (unpaired) electrons. The summed E-state index contributed by atoms with van der Waals surface area (Å²) >= 11 is 0. The second-order valence-electron chi connectivity index (χ2n) is 16.0. The maximum absolute atomic E-state index is 9.60. The second kappa shape index (κ2) is 28.2. The Morgan fingerprint density at radius 1 is 0.250 bits per heavy atom. The molecule has 0 bridgehead atoms. The van der Waals surface area contributed by atoms with Crippen LogP contribution < -0.4 is 0 Å². The van der Waals surface area contributed by atoms with Crippen LogP contribution in [0.3, 0.4) is 0 Å². The van der Waals surface area contributed by atoms with Crippen molar-refractivity contribution in [3.05, 3.63) is 179 Å². The van der Waals surface area contributed by atoms with Crippen molar-refractivity contribution < 1.29 is 91.0 Å². The first-order valence-electron chi connectivity index (χ1n) is 20.4. The van der Waals surface area contributed by atoms with E-state index >= 15 is 0 Å². The molecule has 0 saturated heterocycles. The normalized spacial score (nSPS) is 22.7. The van der Waals surface area contributed by atoms with Gasteiger partial charge in [-0.3, -0.25) is 0 Å². The summed E-state index contributed by atoms with van der Waals surface area (Å²) in [4.78, 5) is 7.69.